The minimum absolute atomic E-state index is 0.0654. The number of benzene rings is 1. The van der Waals surface area contributed by atoms with Crippen molar-refractivity contribution in [2.75, 3.05) is 18.5 Å². The molecule has 4 nitrogen and oxygen atoms in total. The molecule has 1 aromatic carbocycles. The van der Waals surface area contributed by atoms with Gasteiger partial charge in [-0.3, -0.25) is 0 Å². The number of nitrogens with one attached hydrogen (secondary N) is 1. The minimum Gasteiger partial charge on any atom is -0.399 e. The molecule has 6 heteroatoms. The van der Waals surface area contributed by atoms with E-state index < -0.39 is 10.0 Å². The summed E-state index contributed by atoms with van der Waals surface area (Å²) >= 11 is 1.77. The molecule has 0 radical (unpaired) electrons. The Morgan fingerprint density at radius 3 is 2.55 bits per heavy atom. The fraction of sp³-hybridized carbons (Fsp3) is 0.571. The Morgan fingerprint density at radius 2 is 2.00 bits per heavy atom. The van der Waals surface area contributed by atoms with Crippen molar-refractivity contribution in [2.45, 2.75) is 42.2 Å². The molecule has 1 aliphatic rings. The lowest BCUT2D eigenvalue weighted by Crippen LogP contribution is -2.38. The SMILES string of the molecule is CSC1(CNS(=O)(=O)c2ccc(N)c(C)c2)CCCC1. The van der Waals surface area contributed by atoms with E-state index in [4.69, 9.17) is 5.73 Å². The van der Waals surface area contributed by atoms with Crippen LogP contribution in [0, 0.1) is 6.92 Å². The molecule has 0 bridgehead atoms. The van der Waals surface area contributed by atoms with E-state index in [1.54, 1.807) is 30.0 Å². The highest BCUT2D eigenvalue weighted by Gasteiger charge is 2.34. The first kappa shape index (κ1) is 15.7. The summed E-state index contributed by atoms with van der Waals surface area (Å²) in [6.07, 6.45) is 6.59. The highest BCUT2D eigenvalue weighted by molar-refractivity contribution is 8.00. The topological polar surface area (TPSA) is 72.2 Å². The number of sulfonamides is 1. The lowest BCUT2D eigenvalue weighted by molar-refractivity contribution is 0.551. The van der Waals surface area contributed by atoms with Gasteiger partial charge in [-0.05, 0) is 49.8 Å². The van der Waals surface area contributed by atoms with Gasteiger partial charge in [0.15, 0.2) is 0 Å². The van der Waals surface area contributed by atoms with Crippen LogP contribution in [0.4, 0.5) is 5.69 Å². The van der Waals surface area contributed by atoms with Crippen LogP contribution in [0.1, 0.15) is 31.2 Å². The summed E-state index contributed by atoms with van der Waals surface area (Å²) in [6.45, 7) is 2.31. The van der Waals surface area contributed by atoms with Gasteiger partial charge in [-0.1, -0.05) is 12.8 Å². The number of nitrogen functional groups attached to an aromatic ring is 1. The summed E-state index contributed by atoms with van der Waals surface area (Å²) in [5.74, 6) is 0. The molecule has 2 rings (SSSR count). The van der Waals surface area contributed by atoms with E-state index in [0.29, 0.717) is 17.1 Å². The summed E-state index contributed by atoms with van der Waals surface area (Å²) in [4.78, 5) is 0.290. The van der Waals surface area contributed by atoms with Crippen molar-refractivity contribution in [2.24, 2.45) is 0 Å². The third kappa shape index (κ3) is 3.30. The summed E-state index contributed by atoms with van der Waals surface area (Å²) < 4.78 is 27.5. The average molecular weight is 314 g/mol. The maximum atomic E-state index is 12.3. The monoisotopic (exact) mass is 314 g/mol. The van der Waals surface area contributed by atoms with Crippen molar-refractivity contribution in [1.29, 1.82) is 0 Å². The molecule has 1 aliphatic carbocycles. The molecule has 0 aromatic heterocycles. The Bertz CT molecular complexity index is 579. The van der Waals surface area contributed by atoms with Crippen molar-refractivity contribution < 1.29 is 8.42 Å². The number of aryl methyl sites for hydroxylation is 1. The van der Waals surface area contributed by atoms with Gasteiger partial charge < -0.3 is 5.73 Å². The molecule has 0 atom stereocenters. The minimum atomic E-state index is -3.45. The smallest absolute Gasteiger partial charge is 0.240 e. The highest BCUT2D eigenvalue weighted by atomic mass is 32.2. The first-order chi connectivity index (χ1) is 9.38. The molecule has 3 N–H and O–H groups in total. The van der Waals surface area contributed by atoms with Crippen LogP contribution in [0.3, 0.4) is 0 Å². The average Bonchev–Trinajstić information content (AvgIpc) is 2.89. The van der Waals surface area contributed by atoms with Crippen LogP contribution in [0.15, 0.2) is 23.1 Å². The molecule has 0 heterocycles. The van der Waals surface area contributed by atoms with Gasteiger partial charge in [0.25, 0.3) is 0 Å². The van der Waals surface area contributed by atoms with Gasteiger partial charge in [0.2, 0.25) is 10.0 Å². The summed E-state index contributed by atoms with van der Waals surface area (Å²) in [6, 6.07) is 4.83. The Balaban J connectivity index is 2.13. The second-order valence-corrected chi connectivity index (χ2v) is 8.48. The molecule has 1 fully saturated rings. The third-order valence-corrected chi connectivity index (χ3v) is 6.90. The molecule has 20 heavy (non-hydrogen) atoms. The summed E-state index contributed by atoms with van der Waals surface area (Å²) in [7, 11) is -3.45. The molecule has 112 valence electrons. The highest BCUT2D eigenvalue weighted by Crippen LogP contribution is 2.39. The van der Waals surface area contributed by atoms with E-state index in [1.165, 1.54) is 12.8 Å². The van der Waals surface area contributed by atoms with E-state index >= 15 is 0 Å². The standard InChI is InChI=1S/C14H22N2O2S2/c1-11-9-12(5-6-13(11)15)20(17,18)16-10-14(19-2)7-3-4-8-14/h5-6,9,16H,3-4,7-8,10,15H2,1-2H3. The van der Waals surface area contributed by atoms with Crippen LogP contribution < -0.4 is 10.5 Å². The fourth-order valence-electron chi connectivity index (χ4n) is 2.60. The normalized spacial score (nSPS) is 18.3. The molecule has 0 spiro atoms. The van der Waals surface area contributed by atoms with Crippen LogP contribution in [0.25, 0.3) is 0 Å². The number of hydrogen-bond acceptors (Lipinski definition) is 4. The molecule has 1 saturated carbocycles. The number of rotatable bonds is 5. The maximum Gasteiger partial charge on any atom is 0.240 e. The van der Waals surface area contributed by atoms with Gasteiger partial charge in [0.1, 0.15) is 0 Å². The van der Waals surface area contributed by atoms with Gasteiger partial charge in [-0.25, -0.2) is 13.1 Å². The third-order valence-electron chi connectivity index (χ3n) is 4.08. The Labute approximate surface area is 125 Å². The lowest BCUT2D eigenvalue weighted by atomic mass is 10.1. The zero-order valence-corrected chi connectivity index (χ0v) is 13.6. The lowest BCUT2D eigenvalue weighted by Gasteiger charge is -2.26. The van der Waals surface area contributed by atoms with Crippen LogP contribution in [0.2, 0.25) is 0 Å². The van der Waals surface area contributed by atoms with Crippen molar-refractivity contribution >= 4 is 27.5 Å². The van der Waals surface area contributed by atoms with Crippen molar-refractivity contribution in [1.82, 2.24) is 4.72 Å². The Hall–Kier alpha value is -0.720. The Kier molecular flexibility index (Phi) is 4.66. The van der Waals surface area contributed by atoms with Crippen LogP contribution in [0.5, 0.6) is 0 Å². The molecular weight excluding hydrogens is 292 g/mol. The molecule has 0 saturated heterocycles. The Morgan fingerprint density at radius 1 is 1.35 bits per heavy atom. The molecule has 0 unspecified atom stereocenters. The zero-order chi connectivity index (χ0) is 14.8. The second-order valence-electron chi connectivity index (χ2n) is 5.44. The summed E-state index contributed by atoms with van der Waals surface area (Å²) in [5, 5.41) is 0. The van der Waals surface area contributed by atoms with E-state index in [-0.39, 0.29) is 4.75 Å². The molecular formula is C14H22N2O2S2. The van der Waals surface area contributed by atoms with E-state index in [2.05, 4.69) is 11.0 Å². The van der Waals surface area contributed by atoms with E-state index in [0.717, 1.165) is 18.4 Å². The van der Waals surface area contributed by atoms with Crippen molar-refractivity contribution in [3.05, 3.63) is 23.8 Å². The molecule has 0 aliphatic heterocycles. The van der Waals surface area contributed by atoms with Crippen molar-refractivity contribution in [3.63, 3.8) is 0 Å². The summed E-state index contributed by atoms with van der Waals surface area (Å²) in [5.41, 5.74) is 7.13. The van der Waals surface area contributed by atoms with E-state index in [1.807, 2.05) is 6.92 Å². The second kappa shape index (κ2) is 5.95. The van der Waals surface area contributed by atoms with Crippen LogP contribution in [-0.2, 0) is 10.0 Å². The van der Waals surface area contributed by atoms with Gasteiger partial charge in [-0.2, -0.15) is 11.8 Å². The molecule has 1 aromatic rings. The number of anilines is 1. The van der Waals surface area contributed by atoms with E-state index in [9.17, 15) is 8.42 Å². The fourth-order valence-corrected chi connectivity index (χ4v) is 4.81. The zero-order valence-electron chi connectivity index (χ0n) is 12.0. The first-order valence-electron chi connectivity index (χ1n) is 6.79. The maximum absolute atomic E-state index is 12.3. The van der Waals surface area contributed by atoms with Crippen LogP contribution in [-0.4, -0.2) is 26.0 Å². The number of hydrogen-bond donors (Lipinski definition) is 2. The first-order valence-corrected chi connectivity index (χ1v) is 9.50. The van der Waals surface area contributed by atoms with Crippen LogP contribution >= 0.6 is 11.8 Å². The predicted octanol–water partition coefficient (Wildman–Crippen LogP) is 2.53. The number of thioether (sulfide) groups is 1. The van der Waals surface area contributed by atoms with Gasteiger partial charge >= 0.3 is 0 Å². The van der Waals surface area contributed by atoms with Gasteiger partial charge in [0, 0.05) is 17.0 Å². The predicted molar refractivity (Wildman–Crippen MR) is 85.5 cm³/mol. The van der Waals surface area contributed by atoms with Gasteiger partial charge in [-0.15, -0.1) is 0 Å². The van der Waals surface area contributed by atoms with Crippen molar-refractivity contribution in [3.8, 4) is 0 Å². The van der Waals surface area contributed by atoms with Gasteiger partial charge in [0.05, 0.1) is 4.90 Å². The quantitative estimate of drug-likeness (QED) is 0.819. The largest absolute Gasteiger partial charge is 0.399 e. The molecule has 0 amide bonds. The number of nitrogens with two attached hydrogens (primary N) is 1.